The van der Waals surface area contributed by atoms with Crippen LogP contribution >= 0.6 is 0 Å². The average Bonchev–Trinajstić information content (AvgIpc) is 3.02. The number of benzene rings is 2. The number of ketones is 1. The molecule has 0 radical (unpaired) electrons. The molecule has 0 atom stereocenters. The predicted octanol–water partition coefficient (Wildman–Crippen LogP) is 3.25. The van der Waals surface area contributed by atoms with Crippen LogP contribution in [0.1, 0.15) is 36.7 Å². The monoisotopic (exact) mass is 351 g/mol. The number of carbonyl (C=O) groups is 2. The van der Waals surface area contributed by atoms with Crippen LogP contribution in [0, 0.1) is 5.41 Å². The van der Waals surface area contributed by atoms with Gasteiger partial charge in [-0.05, 0) is 29.8 Å². The van der Waals surface area contributed by atoms with Gasteiger partial charge in [0.1, 0.15) is 5.52 Å². The molecule has 26 heavy (non-hydrogen) atoms. The Morgan fingerprint density at radius 3 is 2.42 bits per heavy atom. The number of carbonyl (C=O) groups excluding carboxylic acids is 2. The number of ether oxygens (including phenoxy) is 1. The van der Waals surface area contributed by atoms with Gasteiger partial charge in [-0.2, -0.15) is 0 Å². The molecule has 0 fully saturated rings. The third-order valence-electron chi connectivity index (χ3n) is 4.11. The largest absolute Gasteiger partial charge is 0.454 e. The van der Waals surface area contributed by atoms with Crippen LogP contribution in [0.15, 0.2) is 48.5 Å². The van der Waals surface area contributed by atoms with Crippen molar-refractivity contribution in [3.63, 3.8) is 0 Å². The second-order valence-corrected chi connectivity index (χ2v) is 7.18. The predicted molar refractivity (Wildman–Crippen MR) is 97.8 cm³/mol. The van der Waals surface area contributed by atoms with Crippen molar-refractivity contribution in [2.24, 2.45) is 5.41 Å². The van der Waals surface area contributed by atoms with Gasteiger partial charge in [0.25, 0.3) is 0 Å². The maximum atomic E-state index is 12.1. The minimum absolute atomic E-state index is 0.111. The number of nitrogens with zero attached hydrogens (tertiary/aromatic N) is 3. The quantitative estimate of drug-likeness (QED) is 0.660. The second kappa shape index (κ2) is 7.07. The van der Waals surface area contributed by atoms with Crippen LogP contribution < -0.4 is 0 Å². The smallest absolute Gasteiger partial charge is 0.338 e. The van der Waals surface area contributed by atoms with Crippen molar-refractivity contribution in [1.29, 1.82) is 0 Å². The Balaban J connectivity index is 1.65. The van der Waals surface area contributed by atoms with Gasteiger partial charge in [-0.1, -0.05) is 50.3 Å². The Bertz CT molecular complexity index is 937. The first-order chi connectivity index (χ1) is 12.3. The maximum Gasteiger partial charge on any atom is 0.338 e. The van der Waals surface area contributed by atoms with Crippen LogP contribution in [0.5, 0.6) is 0 Å². The number of para-hydroxylation sites is 1. The zero-order chi connectivity index (χ0) is 18.7. The Hall–Kier alpha value is -3.02. The molecule has 0 spiro atoms. The van der Waals surface area contributed by atoms with E-state index < -0.39 is 11.4 Å². The molecule has 134 valence electrons. The molecule has 0 aliphatic rings. The molecule has 0 saturated heterocycles. The summed E-state index contributed by atoms with van der Waals surface area (Å²) in [5, 5.41) is 8.29. The highest BCUT2D eigenvalue weighted by Gasteiger charge is 2.22. The van der Waals surface area contributed by atoms with E-state index in [9.17, 15) is 9.59 Å². The van der Waals surface area contributed by atoms with Crippen molar-refractivity contribution in [1.82, 2.24) is 15.0 Å². The van der Waals surface area contributed by atoms with Crippen molar-refractivity contribution in [2.45, 2.75) is 27.3 Å². The summed E-state index contributed by atoms with van der Waals surface area (Å²) in [5.74, 6) is -0.610. The van der Waals surface area contributed by atoms with Crippen LogP contribution in [0.25, 0.3) is 11.0 Å². The highest BCUT2D eigenvalue weighted by molar-refractivity contribution is 5.92. The molecule has 0 aliphatic carbocycles. The molecule has 6 heteroatoms. The van der Waals surface area contributed by atoms with Crippen molar-refractivity contribution in [2.75, 3.05) is 6.61 Å². The van der Waals surface area contributed by atoms with Gasteiger partial charge >= 0.3 is 5.97 Å². The number of esters is 1. The summed E-state index contributed by atoms with van der Waals surface area (Å²) >= 11 is 0. The molecule has 6 nitrogen and oxygen atoms in total. The van der Waals surface area contributed by atoms with E-state index in [1.54, 1.807) is 32.9 Å². The fourth-order valence-corrected chi connectivity index (χ4v) is 2.38. The van der Waals surface area contributed by atoms with Crippen molar-refractivity contribution in [3.05, 3.63) is 59.7 Å². The van der Waals surface area contributed by atoms with Gasteiger partial charge in [-0.25, -0.2) is 9.48 Å². The molecule has 0 bridgehead atoms. The average molecular weight is 351 g/mol. The van der Waals surface area contributed by atoms with Crippen molar-refractivity contribution < 1.29 is 14.3 Å². The number of fused-ring (bicyclic) bond motifs is 1. The lowest BCUT2D eigenvalue weighted by Gasteiger charge is -2.16. The van der Waals surface area contributed by atoms with Crippen LogP contribution in [0.4, 0.5) is 0 Å². The topological polar surface area (TPSA) is 74.1 Å². The molecule has 0 N–H and O–H groups in total. The lowest BCUT2D eigenvalue weighted by atomic mass is 9.91. The van der Waals surface area contributed by atoms with Gasteiger partial charge in [0.2, 0.25) is 0 Å². The maximum absolute atomic E-state index is 12.1. The Kier molecular flexibility index (Phi) is 4.84. The molecule has 0 unspecified atom stereocenters. The zero-order valence-corrected chi connectivity index (χ0v) is 15.1. The third kappa shape index (κ3) is 3.96. The Morgan fingerprint density at radius 2 is 1.73 bits per heavy atom. The molecule has 0 amide bonds. The van der Waals surface area contributed by atoms with Crippen LogP contribution in [0.2, 0.25) is 0 Å². The van der Waals surface area contributed by atoms with E-state index in [0.29, 0.717) is 12.1 Å². The first-order valence-corrected chi connectivity index (χ1v) is 8.42. The lowest BCUT2D eigenvalue weighted by molar-refractivity contribution is -0.129. The van der Waals surface area contributed by atoms with Gasteiger partial charge in [0.05, 0.1) is 17.6 Å². The normalized spacial score (nSPS) is 11.5. The fraction of sp³-hybridized carbons (Fsp3) is 0.300. The van der Waals surface area contributed by atoms with Gasteiger partial charge in [-0.3, -0.25) is 4.79 Å². The first-order valence-electron chi connectivity index (χ1n) is 8.42. The molecule has 3 rings (SSSR count). The van der Waals surface area contributed by atoms with Crippen LogP contribution in [0.3, 0.4) is 0 Å². The van der Waals surface area contributed by atoms with E-state index >= 15 is 0 Å². The Labute approximate surface area is 151 Å². The zero-order valence-electron chi connectivity index (χ0n) is 15.1. The second-order valence-electron chi connectivity index (χ2n) is 7.18. The Morgan fingerprint density at radius 1 is 1.04 bits per heavy atom. The summed E-state index contributed by atoms with van der Waals surface area (Å²) in [7, 11) is 0. The summed E-state index contributed by atoms with van der Waals surface area (Å²) < 4.78 is 6.91. The highest BCUT2D eigenvalue weighted by atomic mass is 16.5. The molecular weight excluding hydrogens is 330 g/mol. The fourth-order valence-electron chi connectivity index (χ4n) is 2.38. The van der Waals surface area contributed by atoms with Gasteiger partial charge in [0.15, 0.2) is 12.4 Å². The summed E-state index contributed by atoms with van der Waals surface area (Å²) in [5.41, 5.74) is 2.68. The molecule has 3 aromatic rings. The van der Waals surface area contributed by atoms with Crippen LogP contribution in [-0.4, -0.2) is 33.4 Å². The van der Waals surface area contributed by atoms with E-state index in [1.807, 2.05) is 41.1 Å². The summed E-state index contributed by atoms with van der Waals surface area (Å²) in [4.78, 5) is 23.9. The summed E-state index contributed by atoms with van der Waals surface area (Å²) in [6.07, 6.45) is 0. The number of Topliss-reactive ketones (excluding diaryl/α,β-unsaturated/α-hetero) is 1. The number of hydrogen-bond donors (Lipinski definition) is 0. The van der Waals surface area contributed by atoms with Crippen molar-refractivity contribution in [3.8, 4) is 0 Å². The number of aromatic nitrogens is 3. The minimum atomic E-state index is -0.523. The van der Waals surface area contributed by atoms with Gasteiger partial charge in [0, 0.05) is 5.41 Å². The van der Waals surface area contributed by atoms with Crippen molar-refractivity contribution >= 4 is 22.8 Å². The van der Waals surface area contributed by atoms with Crippen LogP contribution in [-0.2, 0) is 16.1 Å². The molecule has 2 aromatic carbocycles. The van der Waals surface area contributed by atoms with E-state index in [-0.39, 0.29) is 12.4 Å². The molecule has 1 aromatic heterocycles. The number of rotatable bonds is 5. The summed E-state index contributed by atoms with van der Waals surface area (Å²) in [6.45, 7) is 5.73. The lowest BCUT2D eigenvalue weighted by Crippen LogP contribution is -2.26. The third-order valence-corrected chi connectivity index (χ3v) is 4.11. The minimum Gasteiger partial charge on any atom is -0.454 e. The number of hydrogen-bond acceptors (Lipinski definition) is 5. The van der Waals surface area contributed by atoms with E-state index in [1.165, 1.54) is 0 Å². The summed E-state index contributed by atoms with van der Waals surface area (Å²) in [6, 6.07) is 14.8. The molecule has 1 heterocycles. The van der Waals surface area contributed by atoms with Gasteiger partial charge < -0.3 is 4.74 Å². The molecule has 0 aliphatic heterocycles. The van der Waals surface area contributed by atoms with E-state index in [4.69, 9.17) is 4.74 Å². The first kappa shape index (κ1) is 17.8. The highest BCUT2D eigenvalue weighted by Crippen LogP contribution is 2.16. The SMILES string of the molecule is CC(C)(C)C(=O)COC(=O)c1ccc(Cn2nnc3ccccc32)cc1. The van der Waals surface area contributed by atoms with E-state index in [0.717, 1.165) is 16.6 Å². The molecule has 0 saturated carbocycles. The van der Waals surface area contributed by atoms with Gasteiger partial charge in [-0.15, -0.1) is 5.10 Å². The molecular formula is C20H21N3O3. The van der Waals surface area contributed by atoms with E-state index in [2.05, 4.69) is 10.3 Å². The standard InChI is InChI=1S/C20H21N3O3/c1-20(2,3)18(24)13-26-19(25)15-10-8-14(9-11-15)12-23-17-7-5-4-6-16(17)21-22-23/h4-11H,12-13H2,1-3H3.